The smallest absolute Gasteiger partial charge is 0.268 e. The highest BCUT2D eigenvalue weighted by atomic mass is 32.1. The van der Waals surface area contributed by atoms with Gasteiger partial charge in [0.15, 0.2) is 0 Å². The van der Waals surface area contributed by atoms with Gasteiger partial charge in [0.2, 0.25) is 0 Å². The predicted molar refractivity (Wildman–Crippen MR) is 122 cm³/mol. The summed E-state index contributed by atoms with van der Waals surface area (Å²) >= 11 is 1.26. The lowest BCUT2D eigenvalue weighted by atomic mass is 10.2. The minimum absolute atomic E-state index is 0.153. The fraction of sp³-hybridized carbons (Fsp3) is 0.0870. The molecule has 0 spiro atoms. The topological polar surface area (TPSA) is 78.2 Å². The molecule has 2 aromatic carbocycles. The third-order valence-corrected chi connectivity index (χ3v) is 5.79. The van der Waals surface area contributed by atoms with E-state index in [1.54, 1.807) is 38.8 Å². The molecule has 0 atom stereocenters. The van der Waals surface area contributed by atoms with Crippen LogP contribution >= 0.6 is 11.3 Å². The van der Waals surface area contributed by atoms with Crippen molar-refractivity contribution in [3.63, 3.8) is 0 Å². The summed E-state index contributed by atoms with van der Waals surface area (Å²) < 4.78 is 9.73. The first-order valence-corrected chi connectivity index (χ1v) is 10.3. The zero-order valence-corrected chi connectivity index (χ0v) is 17.8. The molecule has 156 valence electrons. The average molecular weight is 433 g/mol. The van der Waals surface area contributed by atoms with Crippen molar-refractivity contribution < 1.29 is 9.53 Å². The van der Waals surface area contributed by atoms with Crippen LogP contribution in [0.5, 0.6) is 5.75 Å². The molecule has 0 radical (unpaired) electrons. The molecule has 0 saturated heterocycles. The van der Waals surface area contributed by atoms with Crippen molar-refractivity contribution in [1.29, 1.82) is 0 Å². The summed E-state index contributed by atoms with van der Waals surface area (Å²) in [4.78, 5) is 29.2. The Bertz CT molecular complexity index is 1380. The van der Waals surface area contributed by atoms with E-state index in [-0.39, 0.29) is 11.5 Å². The summed E-state index contributed by atoms with van der Waals surface area (Å²) in [5.41, 5.74) is 2.29. The summed E-state index contributed by atoms with van der Waals surface area (Å²) in [6.07, 6.45) is 8.55. The molecule has 0 fully saturated rings. The van der Waals surface area contributed by atoms with E-state index in [0.717, 1.165) is 11.3 Å². The van der Waals surface area contributed by atoms with Crippen LogP contribution in [-0.2, 0) is 11.8 Å². The van der Waals surface area contributed by atoms with Gasteiger partial charge < -0.3 is 19.2 Å². The summed E-state index contributed by atoms with van der Waals surface area (Å²) in [6, 6.07) is 14.9. The van der Waals surface area contributed by atoms with Crippen molar-refractivity contribution >= 4 is 35.1 Å². The number of carbonyl (C=O) groups excluding carboxylic acids is 1. The molecule has 4 aromatic rings. The van der Waals surface area contributed by atoms with Gasteiger partial charge in [0.1, 0.15) is 10.4 Å². The molecule has 0 saturated carbocycles. The molecule has 31 heavy (non-hydrogen) atoms. The van der Waals surface area contributed by atoms with E-state index in [2.05, 4.69) is 10.3 Å². The quantitative estimate of drug-likeness (QED) is 0.523. The first-order valence-electron chi connectivity index (χ1n) is 9.47. The number of methoxy groups -OCH3 is 1. The van der Waals surface area contributed by atoms with Crippen LogP contribution in [0.4, 0.5) is 5.69 Å². The van der Waals surface area contributed by atoms with Crippen LogP contribution in [0.3, 0.4) is 0 Å². The number of aromatic nitrogens is 3. The lowest BCUT2D eigenvalue weighted by Gasteiger charge is -2.07. The van der Waals surface area contributed by atoms with Crippen molar-refractivity contribution in [3.05, 3.63) is 92.4 Å². The number of ether oxygens (including phenoxy) is 1. The molecule has 1 amide bonds. The van der Waals surface area contributed by atoms with E-state index in [4.69, 9.17) is 4.74 Å². The molecule has 0 aliphatic heterocycles. The highest BCUT2D eigenvalue weighted by Gasteiger charge is 2.07. The van der Waals surface area contributed by atoms with Crippen LogP contribution in [0.1, 0.15) is 5.56 Å². The number of thiazole rings is 1. The van der Waals surface area contributed by atoms with Crippen LogP contribution in [0, 0.1) is 0 Å². The van der Waals surface area contributed by atoms with Crippen LogP contribution in [0.15, 0.2) is 72.0 Å². The van der Waals surface area contributed by atoms with Gasteiger partial charge in [-0.15, -0.1) is 11.3 Å². The minimum atomic E-state index is -0.336. The highest BCUT2D eigenvalue weighted by molar-refractivity contribution is 7.07. The Morgan fingerprint density at radius 1 is 1.16 bits per heavy atom. The number of rotatable bonds is 5. The highest BCUT2D eigenvalue weighted by Crippen LogP contribution is 2.22. The maximum absolute atomic E-state index is 12.6. The summed E-state index contributed by atoms with van der Waals surface area (Å²) in [6.45, 7) is 0. The lowest BCUT2D eigenvalue weighted by Crippen LogP contribution is -2.29. The van der Waals surface area contributed by atoms with Crippen LogP contribution in [0.25, 0.3) is 17.8 Å². The fourth-order valence-electron chi connectivity index (χ4n) is 3.04. The van der Waals surface area contributed by atoms with E-state index in [0.29, 0.717) is 20.6 Å². The Morgan fingerprint density at radius 3 is 2.65 bits per heavy atom. The number of nitrogens with zero attached hydrogens (tertiary/aromatic N) is 3. The largest absolute Gasteiger partial charge is 0.495 e. The Balaban J connectivity index is 1.62. The minimum Gasteiger partial charge on any atom is -0.495 e. The molecule has 8 heteroatoms. The normalized spacial score (nSPS) is 12.2. The van der Waals surface area contributed by atoms with Crippen molar-refractivity contribution in [2.24, 2.45) is 7.05 Å². The second-order valence-electron chi connectivity index (χ2n) is 6.71. The van der Waals surface area contributed by atoms with Crippen LogP contribution < -0.4 is 24.8 Å². The summed E-state index contributed by atoms with van der Waals surface area (Å²) in [7, 11) is 3.20. The number of para-hydroxylation sites is 2. The number of amides is 1. The number of hydrogen-bond acceptors (Lipinski definition) is 5. The first-order chi connectivity index (χ1) is 15.0. The molecule has 4 rings (SSSR count). The molecule has 1 N–H and O–H groups in total. The van der Waals surface area contributed by atoms with Crippen molar-refractivity contribution in [2.45, 2.75) is 0 Å². The van der Waals surface area contributed by atoms with E-state index >= 15 is 0 Å². The molecule has 7 nitrogen and oxygen atoms in total. The Kier molecular flexibility index (Phi) is 5.81. The number of imidazole rings is 1. The Labute approximate surface area is 182 Å². The lowest BCUT2D eigenvalue weighted by molar-refractivity contribution is -0.110. The van der Waals surface area contributed by atoms with Gasteiger partial charge in [-0.3, -0.25) is 9.59 Å². The van der Waals surface area contributed by atoms with Gasteiger partial charge in [-0.2, -0.15) is 0 Å². The van der Waals surface area contributed by atoms with E-state index < -0.39 is 0 Å². The maximum Gasteiger partial charge on any atom is 0.268 e. The third-order valence-electron chi connectivity index (χ3n) is 4.67. The van der Waals surface area contributed by atoms with E-state index in [1.807, 2.05) is 53.2 Å². The molecule has 0 unspecified atom stereocenters. The standard InChI is InChI=1S/C23H20N4O3S/c1-26-22(14-21(28)25-18-5-3-4-6-19(18)30-2)31-20(23(26)29)13-16-7-9-17(10-8-16)27-12-11-24-15-27/h3-15H,1-2H3,(H,25,28)/b20-13-,22-14-. The van der Waals surface area contributed by atoms with Gasteiger partial charge in [-0.1, -0.05) is 24.3 Å². The van der Waals surface area contributed by atoms with E-state index in [9.17, 15) is 9.59 Å². The fourth-order valence-corrected chi connectivity index (χ4v) is 4.07. The number of carbonyl (C=O) groups is 1. The monoisotopic (exact) mass is 432 g/mol. The van der Waals surface area contributed by atoms with Crippen molar-refractivity contribution in [2.75, 3.05) is 12.4 Å². The Morgan fingerprint density at radius 2 is 1.94 bits per heavy atom. The van der Waals surface area contributed by atoms with Gasteiger partial charge in [0.25, 0.3) is 11.5 Å². The Hall–Kier alpha value is -3.91. The molecular weight excluding hydrogens is 412 g/mol. The van der Waals surface area contributed by atoms with E-state index in [1.165, 1.54) is 22.0 Å². The van der Waals surface area contributed by atoms with Gasteiger partial charge in [0.05, 0.1) is 23.7 Å². The summed E-state index contributed by atoms with van der Waals surface area (Å²) in [5.74, 6) is 0.232. The third kappa shape index (κ3) is 4.49. The van der Waals surface area contributed by atoms with Gasteiger partial charge in [-0.05, 0) is 35.9 Å². The second-order valence-corrected chi connectivity index (χ2v) is 7.77. The van der Waals surface area contributed by atoms with Crippen LogP contribution in [0.2, 0.25) is 0 Å². The summed E-state index contributed by atoms with van der Waals surface area (Å²) in [5, 5.41) is 2.79. The number of benzene rings is 2. The molecule has 2 aromatic heterocycles. The van der Waals surface area contributed by atoms with Gasteiger partial charge >= 0.3 is 0 Å². The number of anilines is 1. The molecular formula is C23H20N4O3S. The van der Waals surface area contributed by atoms with Crippen molar-refractivity contribution in [3.8, 4) is 11.4 Å². The van der Waals surface area contributed by atoms with Crippen LogP contribution in [-0.4, -0.2) is 27.1 Å². The molecule has 0 bridgehead atoms. The van der Waals surface area contributed by atoms with Gasteiger partial charge in [0, 0.05) is 31.2 Å². The zero-order valence-electron chi connectivity index (χ0n) is 17.0. The number of nitrogens with one attached hydrogen (secondary N) is 1. The number of hydrogen-bond donors (Lipinski definition) is 1. The predicted octanol–water partition coefficient (Wildman–Crippen LogP) is 1.89. The second kappa shape index (κ2) is 8.85. The maximum atomic E-state index is 12.6. The first kappa shape index (κ1) is 20.4. The molecule has 0 aliphatic rings. The van der Waals surface area contributed by atoms with Gasteiger partial charge in [-0.25, -0.2) is 4.98 Å². The zero-order chi connectivity index (χ0) is 21.8. The average Bonchev–Trinajstić information content (AvgIpc) is 3.40. The molecule has 2 heterocycles. The molecule has 0 aliphatic carbocycles. The van der Waals surface area contributed by atoms with Crippen molar-refractivity contribution in [1.82, 2.24) is 14.1 Å². The SMILES string of the molecule is COc1ccccc1NC(=O)/C=c1\s/c(=C\c2ccc(-n3ccnc3)cc2)c(=O)n1C.